The maximum atomic E-state index is 11.3. The fourth-order valence-electron chi connectivity index (χ4n) is 4.20. The van der Waals surface area contributed by atoms with Crippen LogP contribution in [0.25, 0.3) is 0 Å². The van der Waals surface area contributed by atoms with E-state index >= 15 is 0 Å². The van der Waals surface area contributed by atoms with Crippen molar-refractivity contribution in [2.24, 2.45) is 0 Å². The standard InChI is InChI=1S/2C10H20N2.C10H11O7P/c2*1-3-4-5-6-7-12-9-8-11(2)10-12;1-16-9(11)6-3-7(10(12)17-2)5-8(4-6)18(13,14)15/h2*8-9H,3-7,10H2,1-2H3;3-5H,1-2H3,(H2,13,14,15). The van der Waals surface area contributed by atoms with Gasteiger partial charge in [-0.25, -0.2) is 9.59 Å². The van der Waals surface area contributed by atoms with Crippen LogP contribution >= 0.6 is 7.60 Å². The predicted octanol–water partition coefficient (Wildman–Crippen LogP) is 4.55. The number of carbonyl (C=O) groups is 2. The molecule has 0 spiro atoms. The number of hydrogen-bond donors (Lipinski definition) is 2. The second-order valence-corrected chi connectivity index (χ2v) is 12.0. The normalized spacial score (nSPS) is 13.9. The van der Waals surface area contributed by atoms with Crippen LogP contribution in [0.1, 0.15) is 85.9 Å². The lowest BCUT2D eigenvalue weighted by molar-refractivity contribution is 0.0599. The average molecular weight is 611 g/mol. The summed E-state index contributed by atoms with van der Waals surface area (Å²) in [6.45, 7) is 9.10. The lowest BCUT2D eigenvalue weighted by atomic mass is 10.1. The lowest BCUT2D eigenvalue weighted by Gasteiger charge is -2.17. The number of esters is 2. The average Bonchev–Trinajstić information content (AvgIpc) is 3.59. The van der Waals surface area contributed by atoms with Gasteiger partial charge in [0.25, 0.3) is 0 Å². The van der Waals surface area contributed by atoms with Crippen LogP contribution in [0.15, 0.2) is 43.0 Å². The Morgan fingerprint density at radius 2 is 1.12 bits per heavy atom. The third-order valence-electron chi connectivity index (χ3n) is 6.57. The molecule has 0 aromatic heterocycles. The van der Waals surface area contributed by atoms with Gasteiger partial charge in [0.2, 0.25) is 0 Å². The van der Waals surface area contributed by atoms with E-state index in [0.717, 1.165) is 45.8 Å². The molecule has 2 heterocycles. The van der Waals surface area contributed by atoms with Crippen LogP contribution in [0.5, 0.6) is 0 Å². The fraction of sp³-hybridized carbons (Fsp3) is 0.600. The lowest BCUT2D eigenvalue weighted by Crippen LogP contribution is -2.23. The molecule has 0 saturated heterocycles. The molecule has 0 amide bonds. The van der Waals surface area contributed by atoms with E-state index in [1.807, 2.05) is 0 Å². The van der Waals surface area contributed by atoms with Crippen molar-refractivity contribution in [1.29, 1.82) is 0 Å². The van der Waals surface area contributed by atoms with Gasteiger partial charge in [0.1, 0.15) is 0 Å². The zero-order valence-corrected chi connectivity index (χ0v) is 27.1. The number of nitrogens with zero attached hydrogens (tertiary/aromatic N) is 4. The van der Waals surface area contributed by atoms with Gasteiger partial charge in [-0.05, 0) is 31.0 Å². The molecule has 0 atom stereocenters. The SMILES string of the molecule is CCCCCCN1C=CN(C)C1.CCCCCCN1C=CN(C)C1.COC(=O)c1cc(C(=O)OC)cc(P(=O)(O)O)c1. The summed E-state index contributed by atoms with van der Waals surface area (Å²) in [5, 5.41) is -0.453. The van der Waals surface area contributed by atoms with Gasteiger partial charge < -0.3 is 38.9 Å². The maximum absolute atomic E-state index is 11.3. The molecule has 42 heavy (non-hydrogen) atoms. The third-order valence-corrected chi connectivity index (χ3v) is 7.50. The van der Waals surface area contributed by atoms with Crippen molar-refractivity contribution in [3.63, 3.8) is 0 Å². The summed E-state index contributed by atoms with van der Waals surface area (Å²) in [7, 11) is 1.87. The highest BCUT2D eigenvalue weighted by Crippen LogP contribution is 2.34. The first-order chi connectivity index (χ1) is 19.9. The fourth-order valence-corrected chi connectivity index (χ4v) is 4.82. The van der Waals surface area contributed by atoms with Gasteiger partial charge in [-0.3, -0.25) is 4.57 Å². The number of rotatable bonds is 13. The molecule has 0 fully saturated rings. The van der Waals surface area contributed by atoms with E-state index in [4.69, 9.17) is 9.79 Å². The van der Waals surface area contributed by atoms with Gasteiger partial charge in [0.05, 0.1) is 44.0 Å². The van der Waals surface area contributed by atoms with Gasteiger partial charge in [-0.2, -0.15) is 0 Å². The Hall–Kier alpha value is -3.01. The molecule has 1 aromatic carbocycles. The summed E-state index contributed by atoms with van der Waals surface area (Å²) in [5.74, 6) is -1.62. The molecule has 0 radical (unpaired) electrons. The number of benzene rings is 1. The van der Waals surface area contributed by atoms with Crippen molar-refractivity contribution in [3.05, 3.63) is 54.1 Å². The molecule has 12 heteroatoms. The van der Waals surface area contributed by atoms with E-state index < -0.39 is 24.8 Å². The van der Waals surface area contributed by atoms with Gasteiger partial charge in [-0.15, -0.1) is 0 Å². The van der Waals surface area contributed by atoms with E-state index in [1.165, 1.54) is 64.5 Å². The Labute approximate surface area is 251 Å². The first-order valence-corrected chi connectivity index (χ1v) is 16.2. The smallest absolute Gasteiger partial charge is 0.356 e. The van der Waals surface area contributed by atoms with Crippen molar-refractivity contribution in [2.75, 3.05) is 54.7 Å². The van der Waals surface area contributed by atoms with Crippen LogP contribution in [0.4, 0.5) is 0 Å². The molecule has 1 aromatic rings. The van der Waals surface area contributed by atoms with Crippen molar-refractivity contribution >= 4 is 24.8 Å². The minimum atomic E-state index is -4.59. The van der Waals surface area contributed by atoms with E-state index in [-0.39, 0.29) is 11.1 Å². The summed E-state index contributed by atoms with van der Waals surface area (Å²) < 4.78 is 20.0. The molecule has 0 saturated carbocycles. The van der Waals surface area contributed by atoms with Crippen molar-refractivity contribution < 1.29 is 33.4 Å². The zero-order valence-electron chi connectivity index (χ0n) is 26.2. The highest BCUT2D eigenvalue weighted by molar-refractivity contribution is 7.60. The summed E-state index contributed by atoms with van der Waals surface area (Å²) in [6, 6.07) is 3.08. The Morgan fingerprint density at radius 3 is 1.40 bits per heavy atom. The molecule has 2 aliphatic rings. The molecule has 3 rings (SSSR count). The number of unbranched alkanes of at least 4 members (excludes halogenated alkanes) is 6. The number of ether oxygens (including phenoxy) is 2. The van der Waals surface area contributed by atoms with Crippen LogP contribution in [-0.2, 0) is 14.0 Å². The Morgan fingerprint density at radius 1 is 0.714 bits per heavy atom. The Balaban J connectivity index is 0.000000325. The first kappa shape index (κ1) is 37.0. The second kappa shape index (κ2) is 20.0. The van der Waals surface area contributed by atoms with E-state index in [2.05, 4.69) is 81.8 Å². The Bertz CT molecular complexity index is 992. The summed E-state index contributed by atoms with van der Waals surface area (Å²) >= 11 is 0. The van der Waals surface area contributed by atoms with Gasteiger partial charge >= 0.3 is 19.5 Å². The molecular weight excluding hydrogens is 559 g/mol. The second-order valence-electron chi connectivity index (χ2n) is 10.4. The highest BCUT2D eigenvalue weighted by atomic mass is 31.2. The monoisotopic (exact) mass is 610 g/mol. The van der Waals surface area contributed by atoms with E-state index in [9.17, 15) is 14.2 Å². The first-order valence-electron chi connectivity index (χ1n) is 14.6. The van der Waals surface area contributed by atoms with Gasteiger partial charge in [-0.1, -0.05) is 52.4 Å². The molecule has 0 unspecified atom stereocenters. The molecule has 11 nitrogen and oxygen atoms in total. The highest BCUT2D eigenvalue weighted by Gasteiger charge is 2.23. The number of carbonyl (C=O) groups excluding carboxylic acids is 2. The minimum Gasteiger partial charge on any atom is -0.465 e. The number of hydrogen-bond acceptors (Lipinski definition) is 9. The van der Waals surface area contributed by atoms with E-state index in [0.29, 0.717) is 0 Å². The van der Waals surface area contributed by atoms with Crippen LogP contribution in [0.3, 0.4) is 0 Å². The zero-order chi connectivity index (χ0) is 31.5. The molecule has 2 N–H and O–H groups in total. The van der Waals surface area contributed by atoms with Gasteiger partial charge in [0, 0.05) is 52.0 Å². The summed E-state index contributed by atoms with van der Waals surface area (Å²) in [4.78, 5) is 49.9. The van der Waals surface area contributed by atoms with Crippen molar-refractivity contribution in [1.82, 2.24) is 19.6 Å². The van der Waals surface area contributed by atoms with Crippen LogP contribution in [0, 0.1) is 0 Å². The van der Waals surface area contributed by atoms with Crippen LogP contribution in [-0.4, -0.2) is 96.1 Å². The van der Waals surface area contributed by atoms with Crippen molar-refractivity contribution in [2.45, 2.75) is 65.2 Å². The molecule has 238 valence electrons. The number of methoxy groups -OCH3 is 2. The Kier molecular flexibility index (Phi) is 17.6. The van der Waals surface area contributed by atoms with E-state index in [1.54, 1.807) is 0 Å². The maximum Gasteiger partial charge on any atom is 0.356 e. The molecule has 2 aliphatic heterocycles. The van der Waals surface area contributed by atoms with Crippen LogP contribution in [0.2, 0.25) is 0 Å². The molecular formula is C30H51N4O7P. The van der Waals surface area contributed by atoms with Gasteiger partial charge in [0.15, 0.2) is 0 Å². The quantitative estimate of drug-likeness (QED) is 0.186. The topological polar surface area (TPSA) is 123 Å². The van der Waals surface area contributed by atoms with Crippen molar-refractivity contribution in [3.8, 4) is 0 Å². The summed E-state index contributed by atoms with van der Waals surface area (Å²) in [5.41, 5.74) is -0.280. The summed E-state index contributed by atoms with van der Waals surface area (Å²) in [6.07, 6.45) is 19.5. The largest absolute Gasteiger partial charge is 0.465 e. The van der Waals surface area contributed by atoms with Crippen LogP contribution < -0.4 is 5.30 Å². The molecule has 0 bridgehead atoms. The minimum absolute atomic E-state index is 0.140. The third kappa shape index (κ3) is 14.8. The molecule has 0 aliphatic carbocycles. The predicted molar refractivity (Wildman–Crippen MR) is 166 cm³/mol.